The maximum Gasteiger partial charge on any atom is 0.224 e. The highest BCUT2D eigenvalue weighted by Gasteiger charge is 2.50. The fourth-order valence-electron chi connectivity index (χ4n) is 3.74. The van der Waals surface area contributed by atoms with Crippen molar-refractivity contribution in [3.8, 4) is 0 Å². The molecule has 0 spiro atoms. The number of rotatable bonds is 5. The van der Waals surface area contributed by atoms with Crippen LogP contribution in [0.15, 0.2) is 0 Å². The van der Waals surface area contributed by atoms with Crippen LogP contribution < -0.4 is 11.1 Å². The molecule has 3 N–H and O–H groups in total. The molecule has 2 unspecified atom stereocenters. The molecule has 0 bridgehead atoms. The van der Waals surface area contributed by atoms with Gasteiger partial charge in [0.05, 0.1) is 11.3 Å². The van der Waals surface area contributed by atoms with Gasteiger partial charge in [-0.3, -0.25) is 9.59 Å². The Labute approximate surface area is 115 Å². The molecule has 4 heteroatoms. The molecule has 3 atom stereocenters. The topological polar surface area (TPSA) is 72.2 Å². The van der Waals surface area contributed by atoms with Gasteiger partial charge in [0.25, 0.3) is 0 Å². The normalized spacial score (nSPS) is 30.4. The van der Waals surface area contributed by atoms with Gasteiger partial charge in [0.1, 0.15) is 0 Å². The minimum absolute atomic E-state index is 0.000185. The zero-order valence-electron chi connectivity index (χ0n) is 12.1. The van der Waals surface area contributed by atoms with Crippen LogP contribution >= 0.6 is 0 Å². The molecule has 2 saturated carbocycles. The molecule has 2 rings (SSSR count). The molecule has 108 valence electrons. The molecule has 19 heavy (non-hydrogen) atoms. The number of hydrogen-bond acceptors (Lipinski definition) is 2. The standard InChI is InChI=1S/C15H26N2O2/c1-10-8-11(10)9-12(13(18)17-2)15(14(16)19)6-4-3-5-7-15/h10-12H,3-9H2,1-2H3,(H2,16,19)(H,17,18)/t10?,11-,12?/m1/s1. The third kappa shape index (κ3) is 2.77. The molecule has 0 saturated heterocycles. The predicted molar refractivity (Wildman–Crippen MR) is 74.2 cm³/mol. The van der Waals surface area contributed by atoms with E-state index in [2.05, 4.69) is 12.2 Å². The monoisotopic (exact) mass is 266 g/mol. The third-order valence-corrected chi connectivity index (χ3v) is 5.28. The third-order valence-electron chi connectivity index (χ3n) is 5.28. The van der Waals surface area contributed by atoms with Crippen LogP contribution in [0.2, 0.25) is 0 Å². The van der Waals surface area contributed by atoms with E-state index < -0.39 is 5.41 Å². The highest BCUT2D eigenvalue weighted by Crippen LogP contribution is 2.50. The van der Waals surface area contributed by atoms with Gasteiger partial charge in [-0.1, -0.05) is 26.2 Å². The summed E-state index contributed by atoms with van der Waals surface area (Å²) in [5.41, 5.74) is 5.11. The first kappa shape index (κ1) is 14.4. The number of carbonyl (C=O) groups is 2. The lowest BCUT2D eigenvalue weighted by atomic mass is 9.63. The van der Waals surface area contributed by atoms with Crippen molar-refractivity contribution in [2.24, 2.45) is 28.9 Å². The zero-order valence-corrected chi connectivity index (χ0v) is 12.1. The second kappa shape index (κ2) is 5.51. The van der Waals surface area contributed by atoms with Crippen molar-refractivity contribution in [1.82, 2.24) is 5.32 Å². The van der Waals surface area contributed by atoms with Crippen LogP contribution in [-0.4, -0.2) is 18.9 Å². The Morgan fingerprint density at radius 3 is 2.32 bits per heavy atom. The minimum atomic E-state index is -0.597. The largest absolute Gasteiger partial charge is 0.369 e. The summed E-state index contributed by atoms with van der Waals surface area (Å²) < 4.78 is 0. The molecule has 4 nitrogen and oxygen atoms in total. The second-order valence-electron chi connectivity index (χ2n) is 6.46. The van der Waals surface area contributed by atoms with Crippen LogP contribution in [0.4, 0.5) is 0 Å². The van der Waals surface area contributed by atoms with Crippen LogP contribution in [0, 0.1) is 23.2 Å². The molecule has 0 aromatic rings. The van der Waals surface area contributed by atoms with E-state index >= 15 is 0 Å². The maximum atomic E-state index is 12.3. The molecule has 0 aromatic carbocycles. The van der Waals surface area contributed by atoms with Gasteiger partial charge in [0.15, 0.2) is 0 Å². The lowest BCUT2D eigenvalue weighted by Crippen LogP contribution is -2.50. The highest BCUT2D eigenvalue weighted by atomic mass is 16.2. The van der Waals surface area contributed by atoms with E-state index in [1.165, 1.54) is 6.42 Å². The summed E-state index contributed by atoms with van der Waals surface area (Å²) in [6, 6.07) is 0. The number of hydrogen-bond donors (Lipinski definition) is 2. The van der Waals surface area contributed by atoms with Gasteiger partial charge >= 0.3 is 0 Å². The SMILES string of the molecule is CNC(=O)C(C[C@H]1CC1C)C1(C(N)=O)CCCCC1. The van der Waals surface area contributed by atoms with Crippen LogP contribution in [0.1, 0.15) is 51.9 Å². The van der Waals surface area contributed by atoms with Crippen molar-refractivity contribution in [1.29, 1.82) is 0 Å². The van der Waals surface area contributed by atoms with E-state index in [4.69, 9.17) is 5.73 Å². The van der Waals surface area contributed by atoms with Gasteiger partial charge in [-0.2, -0.15) is 0 Å². The van der Waals surface area contributed by atoms with Gasteiger partial charge in [0.2, 0.25) is 11.8 Å². The Kier molecular flexibility index (Phi) is 4.16. The number of primary amides is 1. The lowest BCUT2D eigenvalue weighted by molar-refractivity contribution is -0.143. The van der Waals surface area contributed by atoms with Gasteiger partial charge in [-0.15, -0.1) is 0 Å². The minimum Gasteiger partial charge on any atom is -0.369 e. The highest BCUT2D eigenvalue weighted by molar-refractivity contribution is 5.89. The fraction of sp³-hybridized carbons (Fsp3) is 0.867. The van der Waals surface area contributed by atoms with Gasteiger partial charge < -0.3 is 11.1 Å². The molecule has 0 heterocycles. The molecule has 2 aliphatic rings. The first-order valence-corrected chi connectivity index (χ1v) is 7.53. The summed E-state index contributed by atoms with van der Waals surface area (Å²) in [5.74, 6) is 0.792. The van der Waals surface area contributed by atoms with Crippen molar-refractivity contribution in [2.75, 3.05) is 7.05 Å². The lowest BCUT2D eigenvalue weighted by Gasteiger charge is -2.40. The molecule has 2 amide bonds. The fourth-order valence-corrected chi connectivity index (χ4v) is 3.74. The van der Waals surface area contributed by atoms with Crippen molar-refractivity contribution >= 4 is 11.8 Å². The summed E-state index contributed by atoms with van der Waals surface area (Å²) in [5, 5.41) is 2.74. The smallest absolute Gasteiger partial charge is 0.224 e. The summed E-state index contributed by atoms with van der Waals surface area (Å²) in [7, 11) is 1.66. The molecular formula is C15H26N2O2. The van der Waals surface area contributed by atoms with Gasteiger partial charge in [-0.25, -0.2) is 0 Å². The molecule has 0 aromatic heterocycles. The molecular weight excluding hydrogens is 240 g/mol. The van der Waals surface area contributed by atoms with E-state index in [0.29, 0.717) is 11.8 Å². The summed E-state index contributed by atoms with van der Waals surface area (Å²) in [6.45, 7) is 2.21. The van der Waals surface area contributed by atoms with E-state index in [1.807, 2.05) is 0 Å². The summed E-state index contributed by atoms with van der Waals surface area (Å²) in [6.07, 6.45) is 6.73. The van der Waals surface area contributed by atoms with E-state index in [9.17, 15) is 9.59 Å². The van der Waals surface area contributed by atoms with Crippen molar-refractivity contribution < 1.29 is 9.59 Å². The Bertz CT molecular complexity index is 361. The Balaban J connectivity index is 2.21. The van der Waals surface area contributed by atoms with Crippen LogP contribution in [-0.2, 0) is 9.59 Å². The van der Waals surface area contributed by atoms with Crippen molar-refractivity contribution in [3.63, 3.8) is 0 Å². The van der Waals surface area contributed by atoms with Crippen LogP contribution in [0.25, 0.3) is 0 Å². The van der Waals surface area contributed by atoms with Gasteiger partial charge in [0, 0.05) is 7.05 Å². The summed E-state index contributed by atoms with van der Waals surface area (Å²) in [4.78, 5) is 24.3. The predicted octanol–water partition coefficient (Wildman–Crippen LogP) is 1.83. The van der Waals surface area contributed by atoms with E-state index in [0.717, 1.165) is 38.5 Å². The number of amides is 2. The zero-order chi connectivity index (χ0) is 14.0. The van der Waals surface area contributed by atoms with Crippen LogP contribution in [0.3, 0.4) is 0 Å². The Morgan fingerprint density at radius 2 is 1.89 bits per heavy atom. The van der Waals surface area contributed by atoms with Crippen molar-refractivity contribution in [3.05, 3.63) is 0 Å². The molecule has 0 radical (unpaired) electrons. The van der Waals surface area contributed by atoms with Crippen molar-refractivity contribution in [2.45, 2.75) is 51.9 Å². The Hall–Kier alpha value is -1.06. The number of nitrogens with two attached hydrogens (primary N) is 1. The quantitative estimate of drug-likeness (QED) is 0.797. The first-order valence-electron chi connectivity index (χ1n) is 7.53. The Morgan fingerprint density at radius 1 is 1.32 bits per heavy atom. The average Bonchev–Trinajstić information content (AvgIpc) is 3.11. The first-order chi connectivity index (χ1) is 9.01. The average molecular weight is 266 g/mol. The van der Waals surface area contributed by atoms with E-state index in [1.54, 1.807) is 7.05 Å². The number of carbonyl (C=O) groups excluding carboxylic acids is 2. The molecule has 2 aliphatic carbocycles. The summed E-state index contributed by atoms with van der Waals surface area (Å²) >= 11 is 0. The van der Waals surface area contributed by atoms with Gasteiger partial charge in [-0.05, 0) is 37.5 Å². The molecule has 0 aliphatic heterocycles. The second-order valence-corrected chi connectivity index (χ2v) is 6.46. The molecule has 2 fully saturated rings. The van der Waals surface area contributed by atoms with Crippen LogP contribution in [0.5, 0.6) is 0 Å². The maximum absolute atomic E-state index is 12.3. The number of nitrogens with one attached hydrogen (secondary N) is 1. The van der Waals surface area contributed by atoms with E-state index in [-0.39, 0.29) is 17.7 Å².